The number of anilines is 1. The molecule has 1 aliphatic rings. The molecule has 2 rings (SSSR count). The van der Waals surface area contributed by atoms with Gasteiger partial charge in [0.1, 0.15) is 0 Å². The summed E-state index contributed by atoms with van der Waals surface area (Å²) >= 11 is 0. The smallest absolute Gasteiger partial charge is 0.342 e. The summed E-state index contributed by atoms with van der Waals surface area (Å²) in [6.07, 6.45) is 0. The van der Waals surface area contributed by atoms with Crippen LogP contribution in [0.4, 0.5) is 5.82 Å². The van der Waals surface area contributed by atoms with Crippen LogP contribution in [0.1, 0.15) is 6.92 Å². The van der Waals surface area contributed by atoms with Crippen LogP contribution in [0.2, 0.25) is 0 Å². The Morgan fingerprint density at radius 3 is 2.71 bits per heavy atom. The largest absolute Gasteiger partial charge is 0.481 e. The third-order valence-electron chi connectivity index (χ3n) is 2.92. The maximum Gasteiger partial charge on any atom is 0.342 e. The van der Waals surface area contributed by atoms with Gasteiger partial charge in [-0.2, -0.15) is 0 Å². The van der Waals surface area contributed by atoms with Crippen molar-refractivity contribution in [2.45, 2.75) is 6.92 Å². The highest BCUT2D eigenvalue weighted by atomic mass is 16.4. The minimum absolute atomic E-state index is 0.0557. The van der Waals surface area contributed by atoms with E-state index < -0.39 is 23.1 Å². The number of rotatable bonds is 2. The molecule has 1 fully saturated rings. The number of hydrogen-bond donors (Lipinski definition) is 3. The van der Waals surface area contributed by atoms with Crippen molar-refractivity contribution in [1.29, 1.82) is 0 Å². The fourth-order valence-corrected chi connectivity index (χ4v) is 2.02. The number of hydrogen-bond acceptors (Lipinski definition) is 5. The molecule has 3 N–H and O–H groups in total. The highest BCUT2D eigenvalue weighted by Crippen LogP contribution is 2.24. The van der Waals surface area contributed by atoms with Crippen LogP contribution in [0.3, 0.4) is 0 Å². The minimum Gasteiger partial charge on any atom is -0.481 e. The molecule has 0 aromatic carbocycles. The van der Waals surface area contributed by atoms with E-state index in [9.17, 15) is 14.4 Å². The maximum atomic E-state index is 11.5. The van der Waals surface area contributed by atoms with E-state index in [1.54, 1.807) is 11.8 Å². The Bertz CT molecular complexity index is 548. The van der Waals surface area contributed by atoms with Gasteiger partial charge < -0.3 is 10.0 Å². The molecule has 1 aliphatic heterocycles. The molecule has 0 bridgehead atoms. The Balaban J connectivity index is 2.29. The first-order valence-corrected chi connectivity index (χ1v) is 5.16. The predicted molar refractivity (Wildman–Crippen MR) is 58.0 cm³/mol. The maximum absolute atomic E-state index is 11.5. The zero-order chi connectivity index (χ0) is 12.6. The third kappa shape index (κ3) is 2.05. The number of nitrogens with zero attached hydrogens (tertiary/aromatic N) is 2. The molecule has 0 aliphatic carbocycles. The van der Waals surface area contributed by atoms with Crippen molar-refractivity contribution in [2.24, 2.45) is 11.8 Å². The summed E-state index contributed by atoms with van der Waals surface area (Å²) in [5.74, 6) is -1.43. The fraction of sp³-hybridized carbons (Fsp3) is 0.556. The van der Waals surface area contributed by atoms with Gasteiger partial charge in [-0.3, -0.25) is 14.6 Å². The molecule has 2 atom stereocenters. The normalized spacial score (nSPS) is 23.9. The third-order valence-corrected chi connectivity index (χ3v) is 2.92. The number of carboxylic acids is 1. The Kier molecular flexibility index (Phi) is 2.70. The number of carboxylic acid groups (broad SMARTS) is 1. The average Bonchev–Trinajstić information content (AvgIpc) is 2.60. The zero-order valence-electron chi connectivity index (χ0n) is 9.14. The van der Waals surface area contributed by atoms with Gasteiger partial charge in [-0.1, -0.05) is 6.92 Å². The van der Waals surface area contributed by atoms with Crippen molar-refractivity contribution in [3.05, 3.63) is 20.8 Å². The monoisotopic (exact) mass is 240 g/mol. The summed E-state index contributed by atoms with van der Waals surface area (Å²) in [6, 6.07) is 0. The van der Waals surface area contributed by atoms with Crippen LogP contribution in [-0.2, 0) is 4.79 Å². The minimum atomic E-state index is -0.888. The molecule has 0 radical (unpaired) electrons. The van der Waals surface area contributed by atoms with Crippen LogP contribution in [0, 0.1) is 11.8 Å². The van der Waals surface area contributed by atoms with Gasteiger partial charge in [0.2, 0.25) is 5.82 Å². The molecule has 1 aromatic heterocycles. The van der Waals surface area contributed by atoms with Gasteiger partial charge in [0.15, 0.2) is 0 Å². The highest BCUT2D eigenvalue weighted by Gasteiger charge is 2.36. The standard InChI is InChI=1S/C9H12N4O4/c1-4-2-13(3-5(4)8(15)16)6-7(14)10-9(17)12-11-6/h4-5H,2-3H2,1H3,(H,15,16)(H2,10,12,14,17)/t4-,5-/m1/s1. The Morgan fingerprint density at radius 1 is 1.47 bits per heavy atom. The molecular weight excluding hydrogens is 228 g/mol. The zero-order valence-corrected chi connectivity index (χ0v) is 9.14. The summed E-state index contributed by atoms with van der Waals surface area (Å²) in [6.45, 7) is 2.45. The van der Waals surface area contributed by atoms with Crippen molar-refractivity contribution in [3.8, 4) is 0 Å². The van der Waals surface area contributed by atoms with Crippen LogP contribution in [0.5, 0.6) is 0 Å². The Labute approximate surface area is 95.3 Å². The van der Waals surface area contributed by atoms with E-state index in [-0.39, 0.29) is 18.3 Å². The average molecular weight is 240 g/mol. The summed E-state index contributed by atoms with van der Waals surface area (Å²) in [7, 11) is 0. The van der Waals surface area contributed by atoms with Gasteiger partial charge in [-0.15, -0.1) is 5.10 Å². The Morgan fingerprint density at radius 2 is 2.18 bits per heavy atom. The summed E-state index contributed by atoms with van der Waals surface area (Å²) < 4.78 is 0. The number of carbonyl (C=O) groups is 1. The van der Waals surface area contributed by atoms with E-state index in [2.05, 4.69) is 15.2 Å². The first-order valence-electron chi connectivity index (χ1n) is 5.16. The van der Waals surface area contributed by atoms with E-state index in [4.69, 9.17) is 5.11 Å². The van der Waals surface area contributed by atoms with E-state index in [0.29, 0.717) is 6.54 Å². The van der Waals surface area contributed by atoms with Gasteiger partial charge in [0.25, 0.3) is 5.56 Å². The van der Waals surface area contributed by atoms with E-state index >= 15 is 0 Å². The van der Waals surface area contributed by atoms with Gasteiger partial charge in [0, 0.05) is 13.1 Å². The van der Waals surface area contributed by atoms with Crippen molar-refractivity contribution >= 4 is 11.8 Å². The number of aliphatic carboxylic acids is 1. The summed E-state index contributed by atoms with van der Waals surface area (Å²) in [5, 5.41) is 14.7. The first-order chi connectivity index (χ1) is 7.99. The molecule has 8 nitrogen and oxygen atoms in total. The second-order valence-corrected chi connectivity index (χ2v) is 4.16. The molecule has 1 saturated heterocycles. The van der Waals surface area contributed by atoms with Gasteiger partial charge in [0.05, 0.1) is 5.92 Å². The lowest BCUT2D eigenvalue weighted by atomic mass is 9.99. The number of aromatic nitrogens is 3. The van der Waals surface area contributed by atoms with E-state index in [1.165, 1.54) is 0 Å². The number of nitrogens with one attached hydrogen (secondary N) is 2. The van der Waals surface area contributed by atoms with Gasteiger partial charge in [-0.25, -0.2) is 9.89 Å². The van der Waals surface area contributed by atoms with Gasteiger partial charge >= 0.3 is 11.7 Å². The molecular formula is C9H12N4O4. The molecule has 1 aromatic rings. The Hall–Kier alpha value is -2.12. The van der Waals surface area contributed by atoms with Crippen molar-refractivity contribution in [3.63, 3.8) is 0 Å². The number of H-pyrrole nitrogens is 2. The molecule has 17 heavy (non-hydrogen) atoms. The number of aromatic amines is 2. The van der Waals surface area contributed by atoms with E-state index in [1.807, 2.05) is 0 Å². The van der Waals surface area contributed by atoms with Crippen LogP contribution in [0.15, 0.2) is 9.59 Å². The summed E-state index contributed by atoms with van der Waals surface area (Å²) in [4.78, 5) is 36.9. The first kappa shape index (κ1) is 11.4. The van der Waals surface area contributed by atoms with Crippen molar-refractivity contribution < 1.29 is 9.90 Å². The van der Waals surface area contributed by atoms with Crippen LogP contribution >= 0.6 is 0 Å². The predicted octanol–water partition coefficient (Wildman–Crippen LogP) is -1.38. The van der Waals surface area contributed by atoms with Crippen molar-refractivity contribution in [1.82, 2.24) is 15.2 Å². The highest BCUT2D eigenvalue weighted by molar-refractivity contribution is 5.72. The van der Waals surface area contributed by atoms with Crippen LogP contribution < -0.4 is 16.1 Å². The molecule has 0 unspecified atom stereocenters. The van der Waals surface area contributed by atoms with Crippen LogP contribution in [0.25, 0.3) is 0 Å². The van der Waals surface area contributed by atoms with Crippen molar-refractivity contribution in [2.75, 3.05) is 18.0 Å². The lowest BCUT2D eigenvalue weighted by Gasteiger charge is -2.14. The molecule has 0 amide bonds. The topological polar surface area (TPSA) is 119 Å². The lowest BCUT2D eigenvalue weighted by molar-refractivity contribution is -0.142. The lowest BCUT2D eigenvalue weighted by Crippen LogP contribution is -2.33. The SMILES string of the molecule is C[C@@H]1CN(c2n[nH]c(=O)[nH]c2=O)C[C@H]1C(=O)O. The fourth-order valence-electron chi connectivity index (χ4n) is 2.02. The van der Waals surface area contributed by atoms with Crippen LogP contribution in [-0.4, -0.2) is 39.3 Å². The molecule has 0 spiro atoms. The second-order valence-electron chi connectivity index (χ2n) is 4.16. The van der Waals surface area contributed by atoms with E-state index in [0.717, 1.165) is 0 Å². The quantitative estimate of drug-likeness (QED) is 0.585. The molecule has 92 valence electrons. The molecule has 8 heteroatoms. The molecule has 2 heterocycles. The van der Waals surface area contributed by atoms with Gasteiger partial charge in [-0.05, 0) is 5.92 Å². The second kappa shape index (κ2) is 4.04. The summed E-state index contributed by atoms with van der Waals surface area (Å²) in [5.41, 5.74) is -1.28. The molecule has 0 saturated carbocycles.